The predicted octanol–water partition coefficient (Wildman–Crippen LogP) is 2.25. The normalized spacial score (nSPS) is 28.9. The molecule has 3 aliphatic rings. The summed E-state index contributed by atoms with van der Waals surface area (Å²) in [6, 6.07) is 0. The van der Waals surface area contributed by atoms with Crippen molar-refractivity contribution >= 4 is 11.1 Å². The molecule has 4 rings (SSSR count). The van der Waals surface area contributed by atoms with E-state index in [-0.39, 0.29) is 29.7 Å². The van der Waals surface area contributed by atoms with Gasteiger partial charge >= 0.3 is 6.18 Å². The van der Waals surface area contributed by atoms with E-state index in [1.807, 2.05) is 6.08 Å². The number of aliphatic hydroxyl groups is 1. The molecule has 0 saturated heterocycles. The Morgan fingerprint density at radius 1 is 1.07 bits per heavy atom. The predicted molar refractivity (Wildman–Crippen MR) is 96.9 cm³/mol. The Bertz CT molecular complexity index is 1090. The van der Waals surface area contributed by atoms with E-state index < -0.39 is 23.1 Å². The Balaban J connectivity index is 1.68. The minimum Gasteiger partial charge on any atom is -0.417 e. The second-order valence-corrected chi connectivity index (χ2v) is 7.58. The number of halogens is 4. The van der Waals surface area contributed by atoms with Crippen LogP contribution in [-0.2, 0) is 0 Å². The van der Waals surface area contributed by atoms with E-state index in [1.165, 1.54) is 5.57 Å². The average Bonchev–Trinajstić information content (AvgIpc) is 3.16. The minimum absolute atomic E-state index is 0.0134. The molecule has 0 aromatic carbocycles. The molecule has 1 heterocycles. The van der Waals surface area contributed by atoms with Crippen LogP contribution in [0.5, 0.6) is 0 Å². The molecular formula is C20H19F4N3O2. The number of hydrogen-bond donors (Lipinski definition) is 2. The Morgan fingerprint density at radius 3 is 2.34 bits per heavy atom. The highest BCUT2D eigenvalue weighted by Crippen LogP contribution is 2.38. The van der Waals surface area contributed by atoms with Crippen LogP contribution in [0, 0.1) is 0 Å². The smallest absolute Gasteiger partial charge is 0.417 e. The van der Waals surface area contributed by atoms with Crippen LogP contribution in [0.1, 0.15) is 32.1 Å². The highest BCUT2D eigenvalue weighted by molar-refractivity contribution is 5.65. The monoisotopic (exact) mass is 409 g/mol. The summed E-state index contributed by atoms with van der Waals surface area (Å²) in [6.45, 7) is -0.110. The summed E-state index contributed by atoms with van der Waals surface area (Å²) < 4.78 is 57.7. The lowest BCUT2D eigenvalue weighted by molar-refractivity contribution is -0.0913. The molecule has 9 heteroatoms. The molecule has 1 saturated carbocycles. The van der Waals surface area contributed by atoms with Gasteiger partial charge in [0.15, 0.2) is 0 Å². The molecule has 0 aliphatic heterocycles. The molecule has 1 fully saturated rings. The SMILES string of the molecule is N[C@@]1(CO)CCC2=CCC(=c3nnc(=C4C=C(F)C(C(F)(F)F)=CC4)o3)C=C2C1. The molecule has 1 atom stereocenters. The van der Waals surface area contributed by atoms with Gasteiger partial charge in [-0.1, -0.05) is 12.2 Å². The number of fused-ring (bicyclic) bond motifs is 1. The second-order valence-electron chi connectivity index (χ2n) is 7.58. The van der Waals surface area contributed by atoms with Gasteiger partial charge < -0.3 is 15.3 Å². The first-order valence-electron chi connectivity index (χ1n) is 9.19. The third-order valence-corrected chi connectivity index (χ3v) is 5.44. The number of alkyl halides is 3. The lowest BCUT2D eigenvalue weighted by atomic mass is 9.75. The van der Waals surface area contributed by atoms with Gasteiger partial charge in [-0.05, 0) is 55.4 Å². The zero-order valence-corrected chi connectivity index (χ0v) is 15.4. The van der Waals surface area contributed by atoms with Crippen LogP contribution in [-0.4, -0.2) is 33.6 Å². The highest BCUT2D eigenvalue weighted by atomic mass is 19.4. The summed E-state index contributed by atoms with van der Waals surface area (Å²) >= 11 is 0. The number of nitrogens with zero attached hydrogens (tertiary/aromatic N) is 2. The molecule has 0 spiro atoms. The van der Waals surface area contributed by atoms with E-state index in [9.17, 15) is 22.7 Å². The lowest BCUT2D eigenvalue weighted by Crippen LogP contribution is -2.46. The van der Waals surface area contributed by atoms with E-state index in [1.54, 1.807) is 0 Å². The fourth-order valence-corrected chi connectivity index (χ4v) is 3.77. The van der Waals surface area contributed by atoms with Crippen molar-refractivity contribution in [3.8, 4) is 0 Å². The molecule has 29 heavy (non-hydrogen) atoms. The third kappa shape index (κ3) is 3.84. The van der Waals surface area contributed by atoms with Gasteiger partial charge in [-0.15, -0.1) is 10.2 Å². The molecule has 154 valence electrons. The first kappa shape index (κ1) is 19.8. The van der Waals surface area contributed by atoms with E-state index >= 15 is 0 Å². The first-order chi connectivity index (χ1) is 13.7. The molecule has 0 radical (unpaired) electrons. The van der Waals surface area contributed by atoms with Crippen LogP contribution in [0.25, 0.3) is 11.1 Å². The zero-order chi connectivity index (χ0) is 20.8. The number of aliphatic hydroxyl groups excluding tert-OH is 1. The van der Waals surface area contributed by atoms with E-state index in [4.69, 9.17) is 10.2 Å². The zero-order valence-electron chi connectivity index (χ0n) is 15.4. The van der Waals surface area contributed by atoms with Crippen LogP contribution in [0.3, 0.4) is 0 Å². The Kier molecular flexibility index (Phi) is 4.82. The van der Waals surface area contributed by atoms with Gasteiger partial charge in [-0.25, -0.2) is 4.39 Å². The summed E-state index contributed by atoms with van der Waals surface area (Å²) in [5, 5.41) is 17.4. The number of rotatable bonds is 1. The van der Waals surface area contributed by atoms with Crippen molar-refractivity contribution in [1.82, 2.24) is 10.2 Å². The van der Waals surface area contributed by atoms with Gasteiger partial charge in [0.1, 0.15) is 5.83 Å². The van der Waals surface area contributed by atoms with Crippen molar-refractivity contribution in [3.05, 3.63) is 57.9 Å². The van der Waals surface area contributed by atoms with E-state index in [0.29, 0.717) is 19.3 Å². The average molecular weight is 409 g/mol. The summed E-state index contributed by atoms with van der Waals surface area (Å²) in [5.74, 6) is -1.37. The van der Waals surface area contributed by atoms with Crippen molar-refractivity contribution in [2.75, 3.05) is 6.61 Å². The van der Waals surface area contributed by atoms with Crippen molar-refractivity contribution in [2.24, 2.45) is 5.73 Å². The van der Waals surface area contributed by atoms with Gasteiger partial charge in [-0.3, -0.25) is 0 Å². The quantitative estimate of drug-likeness (QED) is 0.695. The number of hydrogen-bond acceptors (Lipinski definition) is 5. The molecule has 1 aromatic heterocycles. The van der Waals surface area contributed by atoms with Gasteiger partial charge in [-0.2, -0.15) is 13.2 Å². The summed E-state index contributed by atoms with van der Waals surface area (Å²) in [4.78, 5) is 0. The van der Waals surface area contributed by atoms with Crippen molar-refractivity contribution in [3.63, 3.8) is 0 Å². The maximum Gasteiger partial charge on any atom is 0.418 e. The molecule has 5 nitrogen and oxygen atoms in total. The maximum absolute atomic E-state index is 13.8. The summed E-state index contributed by atoms with van der Waals surface area (Å²) in [6.07, 6.45) is 3.19. The molecule has 3 aliphatic carbocycles. The Hall–Kier alpha value is -2.52. The van der Waals surface area contributed by atoms with Crippen molar-refractivity contribution in [2.45, 2.75) is 43.8 Å². The molecule has 0 bridgehead atoms. The number of aromatic nitrogens is 2. The first-order valence-corrected chi connectivity index (χ1v) is 9.19. The molecule has 0 unspecified atom stereocenters. The molecule has 1 aromatic rings. The van der Waals surface area contributed by atoms with Crippen LogP contribution in [0.2, 0.25) is 0 Å². The van der Waals surface area contributed by atoms with E-state index in [2.05, 4.69) is 16.3 Å². The fourth-order valence-electron chi connectivity index (χ4n) is 3.77. The largest absolute Gasteiger partial charge is 0.418 e. The highest BCUT2D eigenvalue weighted by Gasteiger charge is 2.38. The van der Waals surface area contributed by atoms with Crippen LogP contribution in [0.4, 0.5) is 17.6 Å². The maximum atomic E-state index is 13.8. The number of allylic oxidation sites excluding steroid dienone is 7. The number of nitrogens with two attached hydrogens (primary N) is 1. The van der Waals surface area contributed by atoms with Gasteiger partial charge in [0.25, 0.3) is 0 Å². The van der Waals surface area contributed by atoms with Crippen molar-refractivity contribution in [1.29, 1.82) is 0 Å². The lowest BCUT2D eigenvalue weighted by Gasteiger charge is -2.35. The van der Waals surface area contributed by atoms with Gasteiger partial charge in [0, 0.05) is 16.7 Å². The molecular weight excluding hydrogens is 390 g/mol. The van der Waals surface area contributed by atoms with E-state index in [0.717, 1.165) is 29.7 Å². The van der Waals surface area contributed by atoms with Gasteiger partial charge in [0.05, 0.1) is 12.2 Å². The Labute approximate surface area is 163 Å². The Morgan fingerprint density at radius 2 is 1.72 bits per heavy atom. The van der Waals surface area contributed by atoms with Gasteiger partial charge in [0.2, 0.25) is 11.1 Å². The standard InChI is InChI=1S/C20H19F4N3O2/c21-16-8-13(3-4-15(16)20(22,23)24)18-27-26-17(29-18)12-2-1-11-5-6-19(25,10-28)9-14(11)7-12/h1,4,7-8,28H,2-3,5-6,9-10,25H2/t19-/m0/s1. The fraction of sp³-hybridized carbons (Fsp3) is 0.400. The summed E-state index contributed by atoms with van der Waals surface area (Å²) in [7, 11) is 0. The van der Waals surface area contributed by atoms with Crippen LogP contribution >= 0.6 is 0 Å². The summed E-state index contributed by atoms with van der Waals surface area (Å²) in [5.41, 5.74) is 7.58. The molecule has 3 N–H and O–H groups in total. The topological polar surface area (TPSA) is 85.2 Å². The van der Waals surface area contributed by atoms with Crippen LogP contribution in [0.15, 0.2) is 51.3 Å². The molecule has 0 amide bonds. The minimum atomic E-state index is -4.74. The van der Waals surface area contributed by atoms with Crippen molar-refractivity contribution < 1.29 is 27.1 Å². The second kappa shape index (κ2) is 7.07. The third-order valence-electron chi connectivity index (χ3n) is 5.44. The van der Waals surface area contributed by atoms with Crippen LogP contribution < -0.4 is 16.8 Å².